The number of fused-ring (bicyclic) bond motifs is 1. The number of aromatic nitrogens is 2. The van der Waals surface area contributed by atoms with Crippen molar-refractivity contribution in [3.05, 3.63) is 47.1 Å². The van der Waals surface area contributed by atoms with Crippen LogP contribution in [-0.2, 0) is 0 Å². The standard InChI is InChI=1S/C12H10N4O2/c13-16-8-2-1-7-5-9(11-14-3-4-15-11)12(17)18-10(7)6-8/h1-6,16H,13H2,(H,14,15). The summed E-state index contributed by atoms with van der Waals surface area (Å²) in [5, 5.41) is 0.806. The van der Waals surface area contributed by atoms with Crippen LogP contribution in [0.4, 0.5) is 5.69 Å². The van der Waals surface area contributed by atoms with E-state index in [1.165, 1.54) is 0 Å². The normalized spacial score (nSPS) is 10.7. The van der Waals surface area contributed by atoms with Gasteiger partial charge in [-0.1, -0.05) is 0 Å². The molecule has 90 valence electrons. The summed E-state index contributed by atoms with van der Waals surface area (Å²) in [5.74, 6) is 5.79. The van der Waals surface area contributed by atoms with Gasteiger partial charge in [0, 0.05) is 23.8 Å². The predicted octanol–water partition coefficient (Wildman–Crippen LogP) is 1.47. The zero-order valence-electron chi connectivity index (χ0n) is 9.31. The third-order valence-corrected chi connectivity index (χ3v) is 2.66. The highest BCUT2D eigenvalue weighted by Gasteiger charge is 2.09. The summed E-state index contributed by atoms with van der Waals surface area (Å²) in [6.07, 6.45) is 3.24. The molecule has 0 radical (unpaired) electrons. The number of hydrogen-bond acceptors (Lipinski definition) is 5. The lowest BCUT2D eigenvalue weighted by atomic mass is 10.1. The van der Waals surface area contributed by atoms with E-state index in [9.17, 15) is 4.79 Å². The molecule has 2 heterocycles. The van der Waals surface area contributed by atoms with Gasteiger partial charge in [0.05, 0.1) is 5.69 Å². The molecule has 0 aliphatic heterocycles. The number of nitrogens with one attached hydrogen (secondary N) is 2. The van der Waals surface area contributed by atoms with E-state index < -0.39 is 5.63 Å². The molecule has 6 heteroatoms. The molecule has 6 nitrogen and oxygen atoms in total. The summed E-state index contributed by atoms with van der Waals surface area (Å²) in [5.41, 5.74) is 3.62. The molecule has 0 saturated heterocycles. The Hall–Kier alpha value is -2.60. The Labute approximate surface area is 101 Å². The number of imidazole rings is 1. The zero-order chi connectivity index (χ0) is 12.5. The number of benzene rings is 1. The van der Waals surface area contributed by atoms with Crippen molar-refractivity contribution in [1.29, 1.82) is 0 Å². The summed E-state index contributed by atoms with van der Waals surface area (Å²) >= 11 is 0. The zero-order valence-corrected chi connectivity index (χ0v) is 9.31. The molecule has 0 aliphatic rings. The van der Waals surface area contributed by atoms with E-state index in [2.05, 4.69) is 15.4 Å². The number of anilines is 1. The van der Waals surface area contributed by atoms with Crippen LogP contribution in [-0.4, -0.2) is 9.97 Å². The fraction of sp³-hybridized carbons (Fsp3) is 0. The average molecular weight is 242 g/mol. The van der Waals surface area contributed by atoms with E-state index in [0.29, 0.717) is 22.7 Å². The molecule has 0 unspecified atom stereocenters. The number of nitrogen functional groups attached to an aromatic ring is 1. The topological polar surface area (TPSA) is 96.9 Å². The quantitative estimate of drug-likeness (QED) is 0.359. The van der Waals surface area contributed by atoms with Crippen molar-refractivity contribution in [2.24, 2.45) is 5.84 Å². The highest BCUT2D eigenvalue weighted by atomic mass is 16.4. The molecule has 0 bridgehead atoms. The molecule has 0 saturated carbocycles. The van der Waals surface area contributed by atoms with E-state index in [1.54, 1.807) is 30.6 Å². The van der Waals surface area contributed by atoms with Crippen LogP contribution >= 0.6 is 0 Å². The van der Waals surface area contributed by atoms with Gasteiger partial charge >= 0.3 is 5.63 Å². The van der Waals surface area contributed by atoms with Crippen molar-refractivity contribution in [3.63, 3.8) is 0 Å². The highest BCUT2D eigenvalue weighted by Crippen LogP contribution is 2.21. The first-order valence-electron chi connectivity index (χ1n) is 5.32. The molecule has 4 N–H and O–H groups in total. The number of H-pyrrole nitrogens is 1. The van der Waals surface area contributed by atoms with Gasteiger partial charge in [-0.05, 0) is 18.2 Å². The second kappa shape index (κ2) is 4.01. The molecule has 0 fully saturated rings. The number of hydrazine groups is 1. The van der Waals surface area contributed by atoms with Crippen LogP contribution < -0.4 is 16.9 Å². The first kappa shape index (κ1) is 10.5. The van der Waals surface area contributed by atoms with Crippen molar-refractivity contribution in [2.45, 2.75) is 0 Å². The third-order valence-electron chi connectivity index (χ3n) is 2.66. The van der Waals surface area contributed by atoms with Crippen LogP contribution in [0.2, 0.25) is 0 Å². The maximum atomic E-state index is 11.9. The summed E-state index contributed by atoms with van der Waals surface area (Å²) in [6, 6.07) is 7.02. The number of hydrogen-bond donors (Lipinski definition) is 3. The maximum Gasteiger partial charge on any atom is 0.347 e. The van der Waals surface area contributed by atoms with E-state index in [-0.39, 0.29) is 0 Å². The fourth-order valence-electron chi connectivity index (χ4n) is 1.78. The van der Waals surface area contributed by atoms with Crippen LogP contribution in [0.25, 0.3) is 22.4 Å². The second-order valence-corrected chi connectivity index (χ2v) is 3.78. The average Bonchev–Trinajstić information content (AvgIpc) is 2.91. The molecule has 2 aromatic heterocycles. The molecular weight excluding hydrogens is 232 g/mol. The highest BCUT2D eigenvalue weighted by molar-refractivity contribution is 5.83. The van der Waals surface area contributed by atoms with Gasteiger partial charge in [-0.25, -0.2) is 9.78 Å². The lowest BCUT2D eigenvalue weighted by Gasteiger charge is -2.02. The van der Waals surface area contributed by atoms with Crippen molar-refractivity contribution >= 4 is 16.7 Å². The Balaban J connectivity index is 2.25. The van der Waals surface area contributed by atoms with Crippen molar-refractivity contribution < 1.29 is 4.42 Å². The minimum atomic E-state index is -0.438. The largest absolute Gasteiger partial charge is 0.422 e. The summed E-state index contributed by atoms with van der Waals surface area (Å²) in [6.45, 7) is 0. The maximum absolute atomic E-state index is 11.9. The fourth-order valence-corrected chi connectivity index (χ4v) is 1.78. The molecular formula is C12H10N4O2. The van der Waals surface area contributed by atoms with Crippen LogP contribution in [0, 0.1) is 0 Å². The van der Waals surface area contributed by atoms with Gasteiger partial charge in [-0.15, -0.1) is 0 Å². The SMILES string of the molecule is NNc1ccc2cc(-c3ncc[nH]3)c(=O)oc2c1. The lowest BCUT2D eigenvalue weighted by molar-refractivity contribution is 0.563. The van der Waals surface area contributed by atoms with Gasteiger partial charge in [0.15, 0.2) is 0 Å². The van der Waals surface area contributed by atoms with Gasteiger partial charge in [0.1, 0.15) is 17.0 Å². The van der Waals surface area contributed by atoms with Crippen molar-refractivity contribution in [2.75, 3.05) is 5.43 Å². The minimum absolute atomic E-state index is 0.404. The smallest absolute Gasteiger partial charge is 0.347 e. The predicted molar refractivity (Wildman–Crippen MR) is 67.9 cm³/mol. The molecule has 0 aliphatic carbocycles. The molecule has 0 spiro atoms. The molecule has 3 rings (SSSR count). The second-order valence-electron chi connectivity index (χ2n) is 3.78. The van der Waals surface area contributed by atoms with E-state index in [4.69, 9.17) is 10.3 Å². The monoisotopic (exact) mass is 242 g/mol. The van der Waals surface area contributed by atoms with E-state index >= 15 is 0 Å². The Bertz CT molecular complexity index is 746. The summed E-state index contributed by atoms with van der Waals surface area (Å²) in [4.78, 5) is 18.8. The summed E-state index contributed by atoms with van der Waals surface area (Å²) in [7, 11) is 0. The first-order valence-corrected chi connectivity index (χ1v) is 5.32. The number of nitrogens with two attached hydrogens (primary N) is 1. The number of nitrogens with zero attached hydrogens (tertiary/aromatic N) is 1. The number of rotatable bonds is 2. The summed E-state index contributed by atoms with van der Waals surface area (Å²) < 4.78 is 5.25. The third kappa shape index (κ3) is 1.64. The Morgan fingerprint density at radius 3 is 2.94 bits per heavy atom. The number of aromatic amines is 1. The van der Waals surface area contributed by atoms with E-state index in [1.807, 2.05) is 6.07 Å². The van der Waals surface area contributed by atoms with Gasteiger partial charge in [-0.3, -0.25) is 5.84 Å². The van der Waals surface area contributed by atoms with E-state index in [0.717, 1.165) is 5.39 Å². The van der Waals surface area contributed by atoms with Crippen LogP contribution in [0.3, 0.4) is 0 Å². The molecule has 0 atom stereocenters. The van der Waals surface area contributed by atoms with Gasteiger partial charge in [0.2, 0.25) is 0 Å². The molecule has 1 aromatic carbocycles. The Morgan fingerprint density at radius 1 is 1.33 bits per heavy atom. The molecule has 18 heavy (non-hydrogen) atoms. The van der Waals surface area contributed by atoms with Crippen LogP contribution in [0.15, 0.2) is 45.9 Å². The van der Waals surface area contributed by atoms with Crippen molar-refractivity contribution in [1.82, 2.24) is 9.97 Å². The Kier molecular flexibility index (Phi) is 2.35. The van der Waals surface area contributed by atoms with Crippen molar-refractivity contribution in [3.8, 4) is 11.4 Å². The molecule has 0 amide bonds. The van der Waals surface area contributed by atoms with Gasteiger partial charge < -0.3 is 14.8 Å². The van der Waals surface area contributed by atoms with Gasteiger partial charge in [-0.2, -0.15) is 0 Å². The van der Waals surface area contributed by atoms with Crippen LogP contribution in [0.5, 0.6) is 0 Å². The Morgan fingerprint density at radius 2 is 2.22 bits per heavy atom. The first-order chi connectivity index (χ1) is 8.78. The lowest BCUT2D eigenvalue weighted by Crippen LogP contribution is -2.07. The van der Waals surface area contributed by atoms with Gasteiger partial charge in [0.25, 0.3) is 0 Å². The van der Waals surface area contributed by atoms with Crippen LogP contribution in [0.1, 0.15) is 0 Å². The molecule has 3 aromatic rings. The minimum Gasteiger partial charge on any atom is -0.422 e.